The average Bonchev–Trinajstić information content (AvgIpc) is 2.09. The Bertz CT molecular complexity index is 393. The summed E-state index contributed by atoms with van der Waals surface area (Å²) in [6, 6.07) is 0.691. The molecule has 0 radical (unpaired) electrons. The SMILES string of the molecule is O=C(O)Cc1c(F)cc(Br)c(F)c1F. The van der Waals surface area contributed by atoms with Crippen molar-refractivity contribution in [2.75, 3.05) is 0 Å². The number of carboxylic acids is 1. The molecule has 0 saturated carbocycles. The van der Waals surface area contributed by atoms with E-state index in [1.165, 1.54) is 0 Å². The molecule has 14 heavy (non-hydrogen) atoms. The van der Waals surface area contributed by atoms with Crippen molar-refractivity contribution < 1.29 is 23.1 Å². The van der Waals surface area contributed by atoms with Gasteiger partial charge in [0.15, 0.2) is 11.6 Å². The van der Waals surface area contributed by atoms with Gasteiger partial charge >= 0.3 is 5.97 Å². The van der Waals surface area contributed by atoms with Crippen molar-refractivity contribution in [1.29, 1.82) is 0 Å². The molecular formula is C8H4BrF3O2. The highest BCUT2D eigenvalue weighted by Gasteiger charge is 2.19. The van der Waals surface area contributed by atoms with Crippen LogP contribution < -0.4 is 0 Å². The van der Waals surface area contributed by atoms with Crippen LogP contribution in [0.1, 0.15) is 5.56 Å². The van der Waals surface area contributed by atoms with E-state index in [2.05, 4.69) is 15.9 Å². The summed E-state index contributed by atoms with van der Waals surface area (Å²) >= 11 is 2.59. The van der Waals surface area contributed by atoms with Crippen LogP contribution in [0.15, 0.2) is 10.5 Å². The molecule has 1 aromatic rings. The number of halogens is 4. The van der Waals surface area contributed by atoms with Gasteiger partial charge in [-0.25, -0.2) is 13.2 Å². The van der Waals surface area contributed by atoms with Crippen molar-refractivity contribution >= 4 is 21.9 Å². The lowest BCUT2D eigenvalue weighted by molar-refractivity contribution is -0.136. The van der Waals surface area contributed by atoms with E-state index in [0.29, 0.717) is 6.07 Å². The first-order valence-electron chi connectivity index (χ1n) is 3.47. The molecule has 76 valence electrons. The molecule has 0 aliphatic carbocycles. The van der Waals surface area contributed by atoms with E-state index in [1.807, 2.05) is 0 Å². The van der Waals surface area contributed by atoms with Crippen LogP contribution in [-0.2, 0) is 11.2 Å². The van der Waals surface area contributed by atoms with E-state index < -0.39 is 35.4 Å². The molecular weight excluding hydrogens is 265 g/mol. The predicted octanol–water partition coefficient (Wildman–Crippen LogP) is 2.49. The third kappa shape index (κ3) is 2.06. The maximum absolute atomic E-state index is 13.0. The summed E-state index contributed by atoms with van der Waals surface area (Å²) in [7, 11) is 0. The molecule has 0 amide bonds. The normalized spacial score (nSPS) is 10.3. The van der Waals surface area contributed by atoms with Gasteiger partial charge in [0.2, 0.25) is 0 Å². The highest BCUT2D eigenvalue weighted by molar-refractivity contribution is 9.10. The van der Waals surface area contributed by atoms with Crippen molar-refractivity contribution in [1.82, 2.24) is 0 Å². The standard InChI is InChI=1S/C8H4BrF3O2/c9-4-2-5(10)3(1-6(13)14)7(11)8(4)12/h2H,1H2,(H,13,14). The summed E-state index contributed by atoms with van der Waals surface area (Å²) < 4.78 is 38.4. The molecule has 0 heterocycles. The van der Waals surface area contributed by atoms with Crippen molar-refractivity contribution in [3.8, 4) is 0 Å². The second-order valence-electron chi connectivity index (χ2n) is 2.52. The summed E-state index contributed by atoms with van der Waals surface area (Å²) in [4.78, 5) is 10.2. The van der Waals surface area contributed by atoms with Crippen LogP contribution in [-0.4, -0.2) is 11.1 Å². The molecule has 0 fully saturated rings. The van der Waals surface area contributed by atoms with E-state index >= 15 is 0 Å². The zero-order valence-corrected chi connectivity index (χ0v) is 8.24. The lowest BCUT2D eigenvalue weighted by Gasteiger charge is -2.04. The van der Waals surface area contributed by atoms with E-state index in [1.54, 1.807) is 0 Å². The van der Waals surface area contributed by atoms with Gasteiger partial charge in [0, 0.05) is 5.56 Å². The first kappa shape index (κ1) is 11.0. The number of benzene rings is 1. The number of carboxylic acid groups (broad SMARTS) is 1. The lowest BCUT2D eigenvalue weighted by atomic mass is 10.1. The molecule has 1 rings (SSSR count). The highest BCUT2D eigenvalue weighted by atomic mass is 79.9. The van der Waals surface area contributed by atoms with Crippen molar-refractivity contribution in [2.45, 2.75) is 6.42 Å². The van der Waals surface area contributed by atoms with Gasteiger partial charge < -0.3 is 5.11 Å². The third-order valence-corrected chi connectivity index (χ3v) is 2.11. The number of hydrogen-bond donors (Lipinski definition) is 1. The molecule has 1 N–H and O–H groups in total. The maximum Gasteiger partial charge on any atom is 0.308 e. The summed E-state index contributed by atoms with van der Waals surface area (Å²) in [6.45, 7) is 0. The summed E-state index contributed by atoms with van der Waals surface area (Å²) in [5, 5.41) is 8.31. The number of aliphatic carboxylic acids is 1. The Morgan fingerprint density at radius 2 is 1.93 bits per heavy atom. The molecule has 1 aromatic carbocycles. The van der Waals surface area contributed by atoms with Crippen molar-refractivity contribution in [3.05, 3.63) is 33.6 Å². The Labute approximate surface area is 85.5 Å². The monoisotopic (exact) mass is 268 g/mol. The molecule has 0 aliphatic rings. The molecule has 0 atom stereocenters. The van der Waals surface area contributed by atoms with Crippen molar-refractivity contribution in [3.63, 3.8) is 0 Å². The van der Waals surface area contributed by atoms with Gasteiger partial charge in [0.1, 0.15) is 5.82 Å². The van der Waals surface area contributed by atoms with E-state index in [9.17, 15) is 18.0 Å². The summed E-state index contributed by atoms with van der Waals surface area (Å²) in [5.41, 5.74) is -0.779. The topological polar surface area (TPSA) is 37.3 Å². The largest absolute Gasteiger partial charge is 0.481 e. The quantitative estimate of drug-likeness (QED) is 0.661. The van der Waals surface area contributed by atoms with Crippen LogP contribution in [0.2, 0.25) is 0 Å². The van der Waals surface area contributed by atoms with E-state index in [4.69, 9.17) is 5.11 Å². The second kappa shape index (κ2) is 4.00. The van der Waals surface area contributed by atoms with Gasteiger partial charge in [-0.1, -0.05) is 0 Å². The summed E-state index contributed by atoms with van der Waals surface area (Å²) in [5.74, 6) is -5.27. The highest BCUT2D eigenvalue weighted by Crippen LogP contribution is 2.24. The maximum atomic E-state index is 13.0. The van der Waals surface area contributed by atoms with Gasteiger partial charge in [-0.05, 0) is 22.0 Å². The van der Waals surface area contributed by atoms with Gasteiger partial charge in [-0.15, -0.1) is 0 Å². The number of hydrogen-bond acceptors (Lipinski definition) is 1. The van der Waals surface area contributed by atoms with Crippen LogP contribution in [0.5, 0.6) is 0 Å². The molecule has 0 aromatic heterocycles. The van der Waals surface area contributed by atoms with Crippen LogP contribution >= 0.6 is 15.9 Å². The fourth-order valence-corrected chi connectivity index (χ4v) is 1.29. The predicted molar refractivity (Wildman–Crippen MR) is 45.4 cm³/mol. The Morgan fingerprint density at radius 1 is 1.36 bits per heavy atom. The fourth-order valence-electron chi connectivity index (χ4n) is 0.917. The van der Waals surface area contributed by atoms with Crippen LogP contribution in [0.25, 0.3) is 0 Å². The van der Waals surface area contributed by atoms with Crippen LogP contribution in [0, 0.1) is 17.5 Å². The molecule has 0 saturated heterocycles. The minimum Gasteiger partial charge on any atom is -0.481 e. The molecule has 2 nitrogen and oxygen atoms in total. The second-order valence-corrected chi connectivity index (χ2v) is 3.37. The van der Waals surface area contributed by atoms with E-state index in [-0.39, 0.29) is 4.47 Å². The Kier molecular flexibility index (Phi) is 3.15. The third-order valence-electron chi connectivity index (χ3n) is 1.54. The van der Waals surface area contributed by atoms with Crippen LogP contribution in [0.4, 0.5) is 13.2 Å². The van der Waals surface area contributed by atoms with E-state index in [0.717, 1.165) is 0 Å². The first-order chi connectivity index (χ1) is 6.43. The minimum absolute atomic E-state index is 0.373. The molecule has 0 unspecified atom stereocenters. The van der Waals surface area contributed by atoms with Crippen LogP contribution in [0.3, 0.4) is 0 Å². The zero-order chi connectivity index (χ0) is 10.9. The van der Waals surface area contributed by atoms with Crippen molar-refractivity contribution in [2.24, 2.45) is 0 Å². The molecule has 0 bridgehead atoms. The first-order valence-corrected chi connectivity index (χ1v) is 4.26. The molecule has 0 aliphatic heterocycles. The molecule has 0 spiro atoms. The molecule has 6 heteroatoms. The van der Waals surface area contributed by atoms with Gasteiger partial charge in [-0.2, -0.15) is 0 Å². The van der Waals surface area contributed by atoms with Gasteiger partial charge in [0.25, 0.3) is 0 Å². The Hall–Kier alpha value is -1.04. The van der Waals surface area contributed by atoms with Gasteiger partial charge in [0.05, 0.1) is 10.9 Å². The Balaban J connectivity index is 3.29. The van der Waals surface area contributed by atoms with Gasteiger partial charge in [-0.3, -0.25) is 4.79 Å². The number of carbonyl (C=O) groups is 1. The average molecular weight is 269 g/mol. The lowest BCUT2D eigenvalue weighted by Crippen LogP contribution is -2.07. The minimum atomic E-state index is -1.47. The Morgan fingerprint density at radius 3 is 2.43 bits per heavy atom. The smallest absolute Gasteiger partial charge is 0.308 e. The zero-order valence-electron chi connectivity index (χ0n) is 6.65. The number of rotatable bonds is 2. The summed E-state index contributed by atoms with van der Waals surface area (Å²) in [6.07, 6.45) is -0.887. The fraction of sp³-hybridized carbons (Fsp3) is 0.125.